The van der Waals surface area contributed by atoms with Crippen molar-refractivity contribution in [2.45, 2.75) is 33.2 Å². The van der Waals surface area contributed by atoms with Gasteiger partial charge < -0.3 is 9.32 Å². The lowest BCUT2D eigenvalue weighted by Crippen LogP contribution is -2.37. The van der Waals surface area contributed by atoms with E-state index in [9.17, 15) is 4.79 Å². The topological polar surface area (TPSA) is 57.2 Å². The number of nitrogens with zero attached hydrogens (tertiary/aromatic N) is 2. The molecule has 0 fully saturated rings. The van der Waals surface area contributed by atoms with Gasteiger partial charge in [0.1, 0.15) is 12.3 Å². The van der Waals surface area contributed by atoms with Gasteiger partial charge in [0.15, 0.2) is 5.76 Å². The van der Waals surface area contributed by atoms with Crippen molar-refractivity contribution >= 4 is 5.91 Å². The van der Waals surface area contributed by atoms with Gasteiger partial charge in [-0.2, -0.15) is 5.26 Å². The first-order valence-electron chi connectivity index (χ1n) is 5.36. The fraction of sp³-hybridized carbons (Fsp3) is 0.500. The summed E-state index contributed by atoms with van der Waals surface area (Å²) in [6.07, 6.45) is 0.757. The van der Waals surface area contributed by atoms with Crippen molar-refractivity contribution in [1.29, 1.82) is 5.26 Å². The number of aryl methyl sites for hydroxylation is 1. The second-order valence-electron chi connectivity index (χ2n) is 3.80. The maximum atomic E-state index is 12.0. The summed E-state index contributed by atoms with van der Waals surface area (Å²) < 4.78 is 5.37. The van der Waals surface area contributed by atoms with E-state index in [1.54, 1.807) is 12.1 Å². The average molecular weight is 220 g/mol. The van der Waals surface area contributed by atoms with Crippen LogP contribution >= 0.6 is 0 Å². The van der Waals surface area contributed by atoms with Crippen LogP contribution in [0.3, 0.4) is 0 Å². The first-order valence-corrected chi connectivity index (χ1v) is 5.36. The smallest absolute Gasteiger partial charge is 0.290 e. The molecule has 86 valence electrons. The van der Waals surface area contributed by atoms with Gasteiger partial charge in [0.05, 0.1) is 6.07 Å². The highest BCUT2D eigenvalue weighted by atomic mass is 16.4. The van der Waals surface area contributed by atoms with Crippen LogP contribution in [0.1, 0.15) is 37.1 Å². The minimum atomic E-state index is -0.226. The molecule has 1 aromatic rings. The third-order valence-electron chi connectivity index (χ3n) is 2.35. The monoisotopic (exact) mass is 220 g/mol. The molecule has 0 unspecified atom stereocenters. The van der Waals surface area contributed by atoms with Crippen LogP contribution in [0, 0.1) is 11.3 Å². The summed E-state index contributed by atoms with van der Waals surface area (Å²) in [6, 6.07) is 5.42. The van der Waals surface area contributed by atoms with Gasteiger partial charge in [-0.15, -0.1) is 0 Å². The molecule has 0 radical (unpaired) electrons. The SMILES string of the molecule is CCc1ccc(C(=O)N(CC#N)C(C)C)o1. The summed E-state index contributed by atoms with van der Waals surface area (Å²) in [5.74, 6) is 0.862. The van der Waals surface area contributed by atoms with E-state index in [0.29, 0.717) is 5.76 Å². The number of amides is 1. The molecule has 0 aliphatic rings. The van der Waals surface area contributed by atoms with Gasteiger partial charge in [-0.25, -0.2) is 0 Å². The molecular weight excluding hydrogens is 204 g/mol. The molecule has 0 saturated heterocycles. The summed E-state index contributed by atoms with van der Waals surface area (Å²) in [5, 5.41) is 8.66. The highest BCUT2D eigenvalue weighted by Gasteiger charge is 2.21. The molecule has 0 N–H and O–H groups in total. The van der Waals surface area contributed by atoms with Crippen LogP contribution in [0.2, 0.25) is 0 Å². The number of hydrogen-bond donors (Lipinski definition) is 0. The molecule has 0 bridgehead atoms. The Morgan fingerprint density at radius 2 is 2.25 bits per heavy atom. The largest absolute Gasteiger partial charge is 0.456 e. The lowest BCUT2D eigenvalue weighted by atomic mass is 10.3. The van der Waals surface area contributed by atoms with Gasteiger partial charge in [0.25, 0.3) is 5.91 Å². The summed E-state index contributed by atoms with van der Waals surface area (Å²) in [7, 11) is 0. The molecule has 0 spiro atoms. The van der Waals surface area contributed by atoms with E-state index in [1.165, 1.54) is 4.90 Å². The maximum Gasteiger partial charge on any atom is 0.290 e. The van der Waals surface area contributed by atoms with E-state index >= 15 is 0 Å². The van der Waals surface area contributed by atoms with Gasteiger partial charge in [-0.3, -0.25) is 4.79 Å². The normalized spacial score (nSPS) is 10.2. The zero-order valence-electron chi connectivity index (χ0n) is 9.86. The first kappa shape index (κ1) is 12.3. The Balaban J connectivity index is 2.86. The molecule has 4 nitrogen and oxygen atoms in total. The molecule has 16 heavy (non-hydrogen) atoms. The minimum absolute atomic E-state index is 0.0117. The van der Waals surface area contributed by atoms with E-state index in [-0.39, 0.29) is 18.5 Å². The second-order valence-corrected chi connectivity index (χ2v) is 3.80. The minimum Gasteiger partial charge on any atom is -0.456 e. The summed E-state index contributed by atoms with van der Waals surface area (Å²) in [6.45, 7) is 5.79. The van der Waals surface area contributed by atoms with Crippen molar-refractivity contribution < 1.29 is 9.21 Å². The predicted octanol–water partition coefficient (Wildman–Crippen LogP) is 2.22. The van der Waals surface area contributed by atoms with E-state index in [4.69, 9.17) is 9.68 Å². The van der Waals surface area contributed by atoms with Gasteiger partial charge in [0, 0.05) is 12.5 Å². The molecule has 1 rings (SSSR count). The standard InChI is InChI=1S/C12H16N2O2/c1-4-10-5-6-11(16-10)12(15)14(8-7-13)9(2)3/h5-6,9H,4,8H2,1-3H3. The summed E-state index contributed by atoms with van der Waals surface area (Å²) in [5.41, 5.74) is 0. The van der Waals surface area contributed by atoms with Gasteiger partial charge >= 0.3 is 0 Å². The second kappa shape index (κ2) is 5.36. The van der Waals surface area contributed by atoms with Crippen molar-refractivity contribution in [2.75, 3.05) is 6.54 Å². The maximum absolute atomic E-state index is 12.0. The van der Waals surface area contributed by atoms with Crippen LogP contribution in [-0.2, 0) is 6.42 Å². The van der Waals surface area contributed by atoms with Crippen LogP contribution < -0.4 is 0 Å². The highest BCUT2D eigenvalue weighted by Crippen LogP contribution is 2.12. The molecule has 0 aliphatic heterocycles. The van der Waals surface area contributed by atoms with Crippen LogP contribution in [0.5, 0.6) is 0 Å². The average Bonchev–Trinajstić information content (AvgIpc) is 2.73. The lowest BCUT2D eigenvalue weighted by molar-refractivity contribution is 0.0697. The van der Waals surface area contributed by atoms with E-state index < -0.39 is 0 Å². The number of nitriles is 1. The molecule has 1 amide bonds. The van der Waals surface area contributed by atoms with E-state index in [0.717, 1.165) is 12.2 Å². The van der Waals surface area contributed by atoms with E-state index in [2.05, 4.69) is 0 Å². The Morgan fingerprint density at radius 1 is 1.56 bits per heavy atom. The fourth-order valence-corrected chi connectivity index (χ4v) is 1.39. The highest BCUT2D eigenvalue weighted by molar-refractivity contribution is 5.91. The van der Waals surface area contributed by atoms with Crippen LogP contribution in [0.4, 0.5) is 0 Å². The number of rotatable bonds is 4. The van der Waals surface area contributed by atoms with Crippen LogP contribution in [0.25, 0.3) is 0 Å². The zero-order valence-corrected chi connectivity index (χ0v) is 9.86. The van der Waals surface area contributed by atoms with Crippen molar-refractivity contribution in [2.24, 2.45) is 0 Å². The Hall–Kier alpha value is -1.76. The van der Waals surface area contributed by atoms with Crippen molar-refractivity contribution in [3.63, 3.8) is 0 Å². The van der Waals surface area contributed by atoms with Crippen LogP contribution in [0.15, 0.2) is 16.5 Å². The number of furan rings is 1. The quantitative estimate of drug-likeness (QED) is 0.731. The summed E-state index contributed by atoms with van der Waals surface area (Å²) in [4.78, 5) is 13.5. The molecule has 0 atom stereocenters. The van der Waals surface area contributed by atoms with Crippen molar-refractivity contribution in [3.05, 3.63) is 23.7 Å². The molecule has 4 heteroatoms. The Kier molecular flexibility index (Phi) is 4.12. The number of carbonyl (C=O) groups is 1. The van der Waals surface area contributed by atoms with Gasteiger partial charge in [0.2, 0.25) is 0 Å². The lowest BCUT2D eigenvalue weighted by Gasteiger charge is -2.22. The zero-order chi connectivity index (χ0) is 12.1. The number of carbonyl (C=O) groups excluding carboxylic acids is 1. The third-order valence-corrected chi connectivity index (χ3v) is 2.35. The van der Waals surface area contributed by atoms with E-state index in [1.807, 2.05) is 26.8 Å². The molecule has 0 aromatic carbocycles. The van der Waals surface area contributed by atoms with Crippen LogP contribution in [-0.4, -0.2) is 23.4 Å². The third kappa shape index (κ3) is 2.63. The molecular formula is C12H16N2O2. The Bertz CT molecular complexity index is 401. The predicted molar refractivity (Wildman–Crippen MR) is 59.9 cm³/mol. The molecule has 1 heterocycles. The fourth-order valence-electron chi connectivity index (χ4n) is 1.39. The van der Waals surface area contributed by atoms with Crippen molar-refractivity contribution in [3.8, 4) is 6.07 Å². The number of hydrogen-bond acceptors (Lipinski definition) is 3. The first-order chi connectivity index (χ1) is 7.60. The summed E-state index contributed by atoms with van der Waals surface area (Å²) >= 11 is 0. The van der Waals surface area contributed by atoms with Crippen molar-refractivity contribution in [1.82, 2.24) is 4.90 Å². The van der Waals surface area contributed by atoms with Gasteiger partial charge in [-0.05, 0) is 26.0 Å². The van der Waals surface area contributed by atoms with Gasteiger partial charge in [-0.1, -0.05) is 6.92 Å². The Labute approximate surface area is 95.5 Å². The Morgan fingerprint density at radius 3 is 2.69 bits per heavy atom. The molecule has 1 aromatic heterocycles. The molecule has 0 aliphatic carbocycles. The molecule has 0 saturated carbocycles.